The Hall–Kier alpha value is -2.40. The van der Waals surface area contributed by atoms with E-state index in [0.29, 0.717) is 6.54 Å². The highest BCUT2D eigenvalue weighted by molar-refractivity contribution is 8.00. The molecule has 2 N–H and O–H groups in total. The first kappa shape index (κ1) is 18.0. The Labute approximate surface area is 164 Å². The van der Waals surface area contributed by atoms with Crippen molar-refractivity contribution in [2.45, 2.75) is 30.4 Å². The number of ether oxygens (including phenoxy) is 1. The number of benzene rings is 2. The van der Waals surface area contributed by atoms with Gasteiger partial charge in [0.25, 0.3) is 0 Å². The maximum absolute atomic E-state index is 13.4. The molecule has 2 aromatic carbocycles. The fourth-order valence-corrected chi connectivity index (χ4v) is 4.94. The predicted octanol–water partition coefficient (Wildman–Crippen LogP) is 4.95. The number of carbonyl (C=O) groups is 1. The predicted molar refractivity (Wildman–Crippen MR) is 112 cm³/mol. The second-order valence-corrected chi connectivity index (χ2v) is 8.86. The van der Waals surface area contributed by atoms with Crippen LogP contribution in [0.4, 0.5) is 11.4 Å². The topological polar surface area (TPSA) is 50.4 Å². The molecule has 0 amide bonds. The van der Waals surface area contributed by atoms with Crippen molar-refractivity contribution in [3.63, 3.8) is 0 Å². The molecule has 0 saturated heterocycles. The van der Waals surface area contributed by atoms with Crippen LogP contribution in [-0.4, -0.2) is 24.7 Å². The van der Waals surface area contributed by atoms with E-state index in [1.165, 1.54) is 0 Å². The molecular formula is C22H24N2O2S. The summed E-state index contributed by atoms with van der Waals surface area (Å²) in [4.78, 5) is 14.5. The van der Waals surface area contributed by atoms with Gasteiger partial charge in [0.2, 0.25) is 0 Å². The molecule has 1 heterocycles. The number of ketones is 1. The normalized spacial score (nSPS) is 20.7. The van der Waals surface area contributed by atoms with Crippen LogP contribution in [0.3, 0.4) is 0 Å². The fraction of sp³-hybridized carbons (Fsp3) is 0.318. The van der Waals surface area contributed by atoms with E-state index >= 15 is 0 Å². The molecule has 4 rings (SSSR count). The molecule has 0 fully saturated rings. The zero-order valence-corrected chi connectivity index (χ0v) is 16.7. The highest BCUT2D eigenvalue weighted by atomic mass is 32.2. The van der Waals surface area contributed by atoms with E-state index in [0.717, 1.165) is 39.7 Å². The van der Waals surface area contributed by atoms with Gasteiger partial charge in [-0.05, 0) is 48.2 Å². The van der Waals surface area contributed by atoms with E-state index in [4.69, 9.17) is 4.74 Å². The summed E-state index contributed by atoms with van der Waals surface area (Å²) in [5.74, 6) is 1.04. The standard InChI is InChI=1S/C22H24N2O2S/c1-22(2)12-19-16(13-23-17-6-4-5-7-18(17)24-19)20(25)21(22)27-15-10-8-14(26-3)9-11-15/h4-11,21,23-24H,12-13H2,1-3H3. The van der Waals surface area contributed by atoms with Crippen LogP contribution >= 0.6 is 11.8 Å². The Morgan fingerprint density at radius 1 is 1.07 bits per heavy atom. The van der Waals surface area contributed by atoms with Crippen molar-refractivity contribution in [3.8, 4) is 5.75 Å². The number of allylic oxidation sites excluding steroid dienone is 1. The van der Waals surface area contributed by atoms with Crippen molar-refractivity contribution >= 4 is 28.9 Å². The molecule has 0 bridgehead atoms. The maximum atomic E-state index is 13.4. The van der Waals surface area contributed by atoms with Crippen LogP contribution in [0.25, 0.3) is 0 Å². The van der Waals surface area contributed by atoms with Crippen LogP contribution in [0.2, 0.25) is 0 Å². The number of nitrogens with one attached hydrogen (secondary N) is 2. The van der Waals surface area contributed by atoms with Gasteiger partial charge in [-0.15, -0.1) is 11.8 Å². The first-order valence-corrected chi connectivity index (χ1v) is 10.0. The van der Waals surface area contributed by atoms with Gasteiger partial charge in [-0.1, -0.05) is 26.0 Å². The second kappa shape index (κ2) is 6.97. The monoisotopic (exact) mass is 380 g/mol. The van der Waals surface area contributed by atoms with E-state index in [9.17, 15) is 4.79 Å². The first-order chi connectivity index (χ1) is 13.0. The molecule has 1 aliphatic heterocycles. The molecule has 5 heteroatoms. The average Bonchev–Trinajstić information content (AvgIpc) is 2.84. The third-order valence-electron chi connectivity index (χ3n) is 5.22. The van der Waals surface area contributed by atoms with Crippen molar-refractivity contribution < 1.29 is 9.53 Å². The molecule has 2 aromatic rings. The number of rotatable bonds is 3. The number of hydrogen-bond acceptors (Lipinski definition) is 5. The molecule has 0 spiro atoms. The van der Waals surface area contributed by atoms with Crippen molar-refractivity contribution in [1.29, 1.82) is 0 Å². The van der Waals surface area contributed by atoms with Crippen molar-refractivity contribution in [2.75, 3.05) is 24.3 Å². The number of thioether (sulfide) groups is 1. The van der Waals surface area contributed by atoms with Gasteiger partial charge in [-0.2, -0.15) is 0 Å². The van der Waals surface area contributed by atoms with Gasteiger partial charge in [0, 0.05) is 22.7 Å². The number of hydrogen-bond donors (Lipinski definition) is 2. The van der Waals surface area contributed by atoms with E-state index in [-0.39, 0.29) is 16.4 Å². The van der Waals surface area contributed by atoms with Gasteiger partial charge >= 0.3 is 0 Å². The van der Waals surface area contributed by atoms with Crippen molar-refractivity contribution in [1.82, 2.24) is 0 Å². The Morgan fingerprint density at radius 2 is 1.78 bits per heavy atom. The number of carbonyl (C=O) groups excluding carboxylic acids is 1. The van der Waals surface area contributed by atoms with Gasteiger partial charge in [0.1, 0.15) is 5.75 Å². The summed E-state index contributed by atoms with van der Waals surface area (Å²) < 4.78 is 5.24. The Morgan fingerprint density at radius 3 is 2.48 bits per heavy atom. The van der Waals surface area contributed by atoms with Crippen LogP contribution < -0.4 is 15.4 Å². The summed E-state index contributed by atoms with van der Waals surface area (Å²) >= 11 is 1.65. The quantitative estimate of drug-likeness (QED) is 0.789. The maximum Gasteiger partial charge on any atom is 0.176 e. The number of anilines is 2. The second-order valence-electron chi connectivity index (χ2n) is 7.68. The lowest BCUT2D eigenvalue weighted by molar-refractivity contribution is -0.117. The molecule has 0 radical (unpaired) electrons. The van der Waals surface area contributed by atoms with Gasteiger partial charge in [-0.25, -0.2) is 0 Å². The lowest BCUT2D eigenvalue weighted by Crippen LogP contribution is -2.41. The summed E-state index contributed by atoms with van der Waals surface area (Å²) in [5.41, 5.74) is 3.85. The molecular weight excluding hydrogens is 356 g/mol. The van der Waals surface area contributed by atoms with E-state index in [1.807, 2.05) is 48.5 Å². The molecule has 0 saturated carbocycles. The van der Waals surface area contributed by atoms with Crippen LogP contribution in [-0.2, 0) is 4.79 Å². The van der Waals surface area contributed by atoms with Crippen LogP contribution in [0, 0.1) is 5.41 Å². The van der Waals surface area contributed by atoms with Gasteiger partial charge in [-0.3, -0.25) is 4.79 Å². The number of Topliss-reactive ketones (excluding diaryl/α,β-unsaturated/α-hetero) is 1. The lowest BCUT2D eigenvalue weighted by Gasteiger charge is -2.39. The molecule has 2 aliphatic rings. The number of para-hydroxylation sites is 2. The minimum Gasteiger partial charge on any atom is -0.497 e. The summed E-state index contributed by atoms with van der Waals surface area (Å²) in [6, 6.07) is 16.0. The first-order valence-electron chi connectivity index (χ1n) is 9.15. The zero-order valence-electron chi connectivity index (χ0n) is 15.8. The molecule has 1 aliphatic carbocycles. The summed E-state index contributed by atoms with van der Waals surface area (Å²) in [5, 5.41) is 6.82. The average molecular weight is 381 g/mol. The van der Waals surface area contributed by atoms with Crippen LogP contribution in [0.1, 0.15) is 20.3 Å². The Balaban J connectivity index is 1.62. The van der Waals surface area contributed by atoms with E-state index in [1.54, 1.807) is 18.9 Å². The molecule has 4 nitrogen and oxygen atoms in total. The lowest BCUT2D eigenvalue weighted by atomic mass is 9.75. The number of fused-ring (bicyclic) bond motifs is 1. The smallest absolute Gasteiger partial charge is 0.176 e. The Kier molecular flexibility index (Phi) is 4.64. The third-order valence-corrected chi connectivity index (χ3v) is 6.86. The minimum atomic E-state index is -0.146. The molecule has 140 valence electrons. The van der Waals surface area contributed by atoms with Crippen LogP contribution in [0.15, 0.2) is 64.7 Å². The van der Waals surface area contributed by atoms with Gasteiger partial charge in [0.05, 0.1) is 23.7 Å². The Bertz CT molecular complexity index is 903. The zero-order chi connectivity index (χ0) is 19.0. The SMILES string of the molecule is COc1ccc(SC2C(=O)C3=C(CC2(C)C)Nc2ccccc2NC3)cc1. The largest absolute Gasteiger partial charge is 0.497 e. The highest BCUT2D eigenvalue weighted by Crippen LogP contribution is 2.46. The van der Waals surface area contributed by atoms with Gasteiger partial charge in [0.15, 0.2) is 5.78 Å². The molecule has 27 heavy (non-hydrogen) atoms. The summed E-state index contributed by atoms with van der Waals surface area (Å²) in [6.45, 7) is 4.93. The van der Waals surface area contributed by atoms with Crippen molar-refractivity contribution in [3.05, 3.63) is 59.8 Å². The molecule has 1 atom stereocenters. The fourth-order valence-electron chi connectivity index (χ4n) is 3.73. The van der Waals surface area contributed by atoms with E-state index < -0.39 is 0 Å². The van der Waals surface area contributed by atoms with Gasteiger partial charge < -0.3 is 15.4 Å². The molecule has 1 unspecified atom stereocenters. The van der Waals surface area contributed by atoms with E-state index in [2.05, 4.69) is 24.5 Å². The van der Waals surface area contributed by atoms with Crippen molar-refractivity contribution in [2.24, 2.45) is 5.41 Å². The molecule has 0 aromatic heterocycles. The highest BCUT2D eigenvalue weighted by Gasteiger charge is 2.43. The van der Waals surface area contributed by atoms with Crippen LogP contribution in [0.5, 0.6) is 5.75 Å². The summed E-state index contributed by atoms with van der Waals surface area (Å²) in [7, 11) is 1.66. The summed E-state index contributed by atoms with van der Waals surface area (Å²) in [6.07, 6.45) is 0.845. The number of methoxy groups -OCH3 is 1. The third kappa shape index (κ3) is 3.44. The minimum absolute atomic E-state index is 0.116.